The summed E-state index contributed by atoms with van der Waals surface area (Å²) >= 11 is 0. The molecular formula is C24H19NO2. The van der Waals surface area contributed by atoms with E-state index in [1.807, 2.05) is 42.5 Å². The van der Waals surface area contributed by atoms with Gasteiger partial charge in [-0.25, -0.2) is 0 Å². The lowest BCUT2D eigenvalue weighted by Gasteiger charge is -2.13. The molecule has 4 aromatic rings. The molecule has 132 valence electrons. The smallest absolute Gasteiger partial charge is 0.259 e. The van der Waals surface area contributed by atoms with Crippen LogP contribution in [-0.4, -0.2) is 13.0 Å². The minimum absolute atomic E-state index is 0.156. The summed E-state index contributed by atoms with van der Waals surface area (Å²) in [6.45, 7) is 0. The first kappa shape index (κ1) is 15.9. The number of hydrogen-bond acceptors (Lipinski definition) is 2. The van der Waals surface area contributed by atoms with Crippen LogP contribution in [0.15, 0.2) is 66.7 Å². The fourth-order valence-corrected chi connectivity index (χ4v) is 4.11. The van der Waals surface area contributed by atoms with Crippen LogP contribution in [0.4, 0.5) is 5.69 Å². The first-order valence-electron chi connectivity index (χ1n) is 9.16. The molecule has 0 atom stereocenters. The van der Waals surface area contributed by atoms with E-state index in [4.69, 9.17) is 4.74 Å². The summed E-state index contributed by atoms with van der Waals surface area (Å²) in [5.74, 6) is 0.424. The molecule has 0 saturated carbocycles. The van der Waals surface area contributed by atoms with E-state index in [0.29, 0.717) is 11.3 Å². The van der Waals surface area contributed by atoms with Crippen molar-refractivity contribution >= 4 is 33.1 Å². The third-order valence-electron chi connectivity index (χ3n) is 5.44. The van der Waals surface area contributed by atoms with Crippen LogP contribution in [0.3, 0.4) is 0 Å². The zero-order valence-electron chi connectivity index (χ0n) is 15.1. The average molecular weight is 353 g/mol. The van der Waals surface area contributed by atoms with Crippen LogP contribution in [0.5, 0.6) is 5.75 Å². The van der Waals surface area contributed by atoms with Gasteiger partial charge in [0, 0.05) is 11.1 Å². The number of ether oxygens (including phenoxy) is 1. The minimum atomic E-state index is -0.156. The Balaban J connectivity index is 1.59. The van der Waals surface area contributed by atoms with Crippen LogP contribution in [0.2, 0.25) is 0 Å². The van der Waals surface area contributed by atoms with Crippen molar-refractivity contribution in [2.75, 3.05) is 12.4 Å². The van der Waals surface area contributed by atoms with Gasteiger partial charge in [0.1, 0.15) is 5.75 Å². The van der Waals surface area contributed by atoms with Crippen molar-refractivity contribution in [2.45, 2.75) is 12.8 Å². The largest absolute Gasteiger partial charge is 0.496 e. The molecule has 4 aromatic carbocycles. The number of nitrogens with one attached hydrogen (secondary N) is 1. The van der Waals surface area contributed by atoms with Crippen molar-refractivity contribution in [1.82, 2.24) is 0 Å². The van der Waals surface area contributed by atoms with E-state index < -0.39 is 0 Å². The predicted molar refractivity (Wildman–Crippen MR) is 110 cm³/mol. The van der Waals surface area contributed by atoms with Crippen LogP contribution in [0.1, 0.15) is 21.5 Å². The summed E-state index contributed by atoms with van der Waals surface area (Å²) in [5.41, 5.74) is 4.11. The highest BCUT2D eigenvalue weighted by Crippen LogP contribution is 2.35. The van der Waals surface area contributed by atoms with Gasteiger partial charge in [-0.1, -0.05) is 48.5 Å². The number of fused-ring (bicyclic) bond motifs is 1. The van der Waals surface area contributed by atoms with Crippen LogP contribution in [0.25, 0.3) is 21.5 Å². The highest BCUT2D eigenvalue weighted by molar-refractivity contribution is 6.13. The highest BCUT2D eigenvalue weighted by atomic mass is 16.5. The third kappa shape index (κ3) is 2.55. The van der Waals surface area contributed by atoms with E-state index in [-0.39, 0.29) is 5.91 Å². The number of methoxy groups -OCH3 is 1. The summed E-state index contributed by atoms with van der Waals surface area (Å²) in [5, 5.41) is 7.57. The van der Waals surface area contributed by atoms with Crippen molar-refractivity contribution in [3.05, 3.63) is 83.4 Å². The maximum atomic E-state index is 13.1. The lowest BCUT2D eigenvalue weighted by Crippen LogP contribution is -2.13. The van der Waals surface area contributed by atoms with Crippen LogP contribution in [-0.2, 0) is 12.8 Å². The molecule has 3 heteroatoms. The predicted octanol–water partition coefficient (Wildman–Crippen LogP) is 5.35. The van der Waals surface area contributed by atoms with Gasteiger partial charge < -0.3 is 10.1 Å². The van der Waals surface area contributed by atoms with E-state index in [9.17, 15) is 4.79 Å². The molecule has 0 saturated heterocycles. The van der Waals surface area contributed by atoms with Crippen molar-refractivity contribution in [3.63, 3.8) is 0 Å². The fraction of sp³-hybridized carbons (Fsp3) is 0.125. The molecular weight excluding hydrogens is 334 g/mol. The number of anilines is 1. The molecule has 1 N–H and O–H groups in total. The highest BCUT2D eigenvalue weighted by Gasteiger charge is 2.19. The number of amides is 1. The maximum absolute atomic E-state index is 13.1. The summed E-state index contributed by atoms with van der Waals surface area (Å²) in [4.78, 5) is 13.1. The van der Waals surface area contributed by atoms with Gasteiger partial charge in [-0.3, -0.25) is 4.79 Å². The van der Waals surface area contributed by atoms with Gasteiger partial charge in [0.25, 0.3) is 5.91 Å². The quantitative estimate of drug-likeness (QED) is 0.539. The third-order valence-corrected chi connectivity index (χ3v) is 5.44. The molecule has 0 fully saturated rings. The molecule has 0 radical (unpaired) electrons. The SMILES string of the molecule is COc1cc2ccccc2cc1C(=O)Nc1ccc2c3c(cccc13)CC2. The molecule has 1 amide bonds. The molecule has 5 rings (SSSR count). The second kappa shape index (κ2) is 6.13. The summed E-state index contributed by atoms with van der Waals surface area (Å²) in [6.07, 6.45) is 2.14. The molecule has 0 bridgehead atoms. The van der Waals surface area contributed by atoms with Crippen molar-refractivity contribution in [2.24, 2.45) is 0 Å². The Bertz CT molecular complexity index is 1200. The Labute approximate surface area is 157 Å². The lowest BCUT2D eigenvalue weighted by molar-refractivity contribution is 0.102. The molecule has 0 spiro atoms. The van der Waals surface area contributed by atoms with Crippen molar-refractivity contribution in [3.8, 4) is 5.75 Å². The van der Waals surface area contributed by atoms with E-state index in [0.717, 1.165) is 34.7 Å². The van der Waals surface area contributed by atoms with E-state index >= 15 is 0 Å². The Hall–Kier alpha value is -3.33. The second-order valence-electron chi connectivity index (χ2n) is 6.97. The van der Waals surface area contributed by atoms with E-state index in [1.165, 1.54) is 16.5 Å². The van der Waals surface area contributed by atoms with E-state index in [2.05, 4.69) is 29.6 Å². The zero-order chi connectivity index (χ0) is 18.4. The zero-order valence-corrected chi connectivity index (χ0v) is 15.1. The Kier molecular flexibility index (Phi) is 3.61. The lowest BCUT2D eigenvalue weighted by atomic mass is 10.0. The van der Waals surface area contributed by atoms with Gasteiger partial charge >= 0.3 is 0 Å². The number of rotatable bonds is 3. The summed E-state index contributed by atoms with van der Waals surface area (Å²) < 4.78 is 5.49. The van der Waals surface area contributed by atoms with Gasteiger partial charge in [-0.15, -0.1) is 0 Å². The molecule has 3 nitrogen and oxygen atoms in total. The van der Waals surface area contributed by atoms with Crippen LogP contribution in [0, 0.1) is 0 Å². The van der Waals surface area contributed by atoms with Gasteiger partial charge in [0.2, 0.25) is 0 Å². The maximum Gasteiger partial charge on any atom is 0.259 e. The average Bonchev–Trinajstić information content (AvgIpc) is 3.13. The molecule has 27 heavy (non-hydrogen) atoms. The van der Waals surface area contributed by atoms with Crippen molar-refractivity contribution in [1.29, 1.82) is 0 Å². The molecule has 0 heterocycles. The van der Waals surface area contributed by atoms with Gasteiger partial charge in [-0.05, 0) is 58.3 Å². The van der Waals surface area contributed by atoms with Gasteiger partial charge in [-0.2, -0.15) is 0 Å². The Morgan fingerprint density at radius 2 is 1.63 bits per heavy atom. The number of hydrogen-bond donors (Lipinski definition) is 1. The van der Waals surface area contributed by atoms with Crippen molar-refractivity contribution < 1.29 is 9.53 Å². The fourth-order valence-electron chi connectivity index (χ4n) is 4.11. The van der Waals surface area contributed by atoms with E-state index in [1.54, 1.807) is 7.11 Å². The van der Waals surface area contributed by atoms with Crippen LogP contribution < -0.4 is 10.1 Å². The first-order chi connectivity index (χ1) is 13.2. The number of benzene rings is 4. The van der Waals surface area contributed by atoms with Gasteiger partial charge in [0.15, 0.2) is 0 Å². The Morgan fingerprint density at radius 1 is 0.889 bits per heavy atom. The molecule has 0 unspecified atom stereocenters. The standard InChI is InChI=1S/C24H19NO2/c1-27-22-14-18-6-3-2-5-17(18)13-20(22)24(26)25-21-12-11-16-10-9-15-7-4-8-19(21)23(15)16/h2-8,11-14H,9-10H2,1H3,(H,25,26). The summed E-state index contributed by atoms with van der Waals surface area (Å²) in [6, 6.07) is 22.3. The normalized spacial score (nSPS) is 12.5. The molecule has 1 aliphatic rings. The molecule has 0 aliphatic heterocycles. The topological polar surface area (TPSA) is 38.3 Å². The first-order valence-corrected chi connectivity index (χ1v) is 9.16. The number of carbonyl (C=O) groups is 1. The van der Waals surface area contributed by atoms with Crippen LogP contribution >= 0.6 is 0 Å². The number of aryl methyl sites for hydroxylation is 2. The van der Waals surface area contributed by atoms with Gasteiger partial charge in [0.05, 0.1) is 12.7 Å². The second-order valence-corrected chi connectivity index (χ2v) is 6.97. The summed E-state index contributed by atoms with van der Waals surface area (Å²) in [7, 11) is 1.60. The monoisotopic (exact) mass is 353 g/mol. The minimum Gasteiger partial charge on any atom is -0.496 e. The Morgan fingerprint density at radius 3 is 2.41 bits per heavy atom. The molecule has 1 aliphatic carbocycles. The molecule has 0 aromatic heterocycles. The number of carbonyl (C=O) groups excluding carboxylic acids is 1.